The van der Waals surface area contributed by atoms with Crippen molar-refractivity contribution < 1.29 is 8.42 Å². The largest absolute Gasteiger partial charge is 0.238 e. The molecule has 0 fully saturated rings. The zero-order chi connectivity index (χ0) is 11.1. The van der Waals surface area contributed by atoms with Crippen molar-refractivity contribution in [3.63, 3.8) is 0 Å². The Morgan fingerprint density at radius 2 is 1.87 bits per heavy atom. The quantitative estimate of drug-likeness (QED) is 0.798. The average molecular weight is 221 g/mol. The molecule has 2 N–H and O–H groups in total. The van der Waals surface area contributed by atoms with Gasteiger partial charge in [0.2, 0.25) is 10.0 Å². The molecule has 3 nitrogen and oxygen atoms in total. The fourth-order valence-corrected chi connectivity index (χ4v) is 2.36. The molecular formula is C11H11NO2S. The molecule has 0 radical (unpaired) electrons. The van der Waals surface area contributed by atoms with Gasteiger partial charge in [-0.05, 0) is 18.4 Å². The van der Waals surface area contributed by atoms with E-state index in [4.69, 9.17) is 5.14 Å². The number of sulfonamides is 1. The van der Waals surface area contributed by atoms with Crippen LogP contribution >= 0.6 is 0 Å². The third-order valence-electron chi connectivity index (χ3n) is 2.30. The van der Waals surface area contributed by atoms with Crippen LogP contribution < -0.4 is 5.14 Å². The van der Waals surface area contributed by atoms with Crippen LogP contribution in [-0.2, 0) is 10.0 Å². The predicted molar refractivity (Wildman–Crippen MR) is 60.1 cm³/mol. The molecule has 2 aromatic rings. The molecule has 0 heterocycles. The second-order valence-electron chi connectivity index (χ2n) is 3.53. The molecule has 0 aliphatic heterocycles. The molecule has 78 valence electrons. The van der Waals surface area contributed by atoms with Crippen molar-refractivity contribution in [3.05, 3.63) is 42.0 Å². The van der Waals surface area contributed by atoms with Gasteiger partial charge in [-0.2, -0.15) is 0 Å². The second kappa shape index (κ2) is 3.32. The third-order valence-corrected chi connectivity index (χ3v) is 3.27. The number of hydrogen-bond acceptors (Lipinski definition) is 2. The molecular weight excluding hydrogens is 210 g/mol. The van der Waals surface area contributed by atoms with Gasteiger partial charge in [0.15, 0.2) is 0 Å². The lowest BCUT2D eigenvalue weighted by molar-refractivity contribution is 0.598. The fourth-order valence-electron chi connectivity index (χ4n) is 1.61. The normalized spacial score (nSPS) is 11.9. The number of nitrogens with two attached hydrogens (primary N) is 1. The van der Waals surface area contributed by atoms with Crippen molar-refractivity contribution in [1.82, 2.24) is 0 Å². The first kappa shape index (κ1) is 10.1. The molecule has 0 saturated heterocycles. The molecule has 0 bridgehead atoms. The highest BCUT2D eigenvalue weighted by molar-refractivity contribution is 7.89. The monoisotopic (exact) mass is 221 g/mol. The van der Waals surface area contributed by atoms with Crippen molar-refractivity contribution >= 4 is 20.8 Å². The first-order valence-corrected chi connectivity index (χ1v) is 6.05. The summed E-state index contributed by atoms with van der Waals surface area (Å²) in [4.78, 5) is 0.184. The van der Waals surface area contributed by atoms with E-state index in [1.807, 2.05) is 31.2 Å². The number of rotatable bonds is 1. The summed E-state index contributed by atoms with van der Waals surface area (Å²) in [5.74, 6) is 0. The van der Waals surface area contributed by atoms with Crippen LogP contribution in [0.4, 0.5) is 0 Å². The molecule has 0 saturated carbocycles. The maximum Gasteiger partial charge on any atom is 0.238 e. The van der Waals surface area contributed by atoms with E-state index in [9.17, 15) is 8.42 Å². The van der Waals surface area contributed by atoms with Gasteiger partial charge in [0.05, 0.1) is 4.90 Å². The van der Waals surface area contributed by atoms with Gasteiger partial charge in [-0.1, -0.05) is 35.9 Å². The summed E-state index contributed by atoms with van der Waals surface area (Å²) in [6.07, 6.45) is 0. The Hall–Kier alpha value is -1.39. The molecule has 0 aromatic heterocycles. The SMILES string of the molecule is Cc1ccc2cccc(S(N)(=O)=O)c2c1. The van der Waals surface area contributed by atoms with Crippen LogP contribution in [-0.4, -0.2) is 8.42 Å². The Kier molecular flexibility index (Phi) is 2.25. The Bertz CT molecular complexity index is 618. The average Bonchev–Trinajstić information content (AvgIpc) is 2.15. The minimum Gasteiger partial charge on any atom is -0.225 e. The lowest BCUT2D eigenvalue weighted by Gasteiger charge is -2.04. The van der Waals surface area contributed by atoms with Crippen molar-refractivity contribution in [2.45, 2.75) is 11.8 Å². The highest BCUT2D eigenvalue weighted by Crippen LogP contribution is 2.22. The Morgan fingerprint density at radius 1 is 1.13 bits per heavy atom. The van der Waals surface area contributed by atoms with Gasteiger partial charge in [0.1, 0.15) is 0 Å². The van der Waals surface area contributed by atoms with Gasteiger partial charge >= 0.3 is 0 Å². The van der Waals surface area contributed by atoms with E-state index >= 15 is 0 Å². The van der Waals surface area contributed by atoms with Gasteiger partial charge in [0, 0.05) is 5.39 Å². The number of fused-ring (bicyclic) bond motifs is 1. The van der Waals surface area contributed by atoms with Crippen molar-refractivity contribution in [2.24, 2.45) is 5.14 Å². The first-order valence-electron chi connectivity index (χ1n) is 4.51. The molecule has 15 heavy (non-hydrogen) atoms. The van der Waals surface area contributed by atoms with Crippen LogP contribution in [0.5, 0.6) is 0 Å². The molecule has 0 unspecified atom stereocenters. The number of primary sulfonamides is 1. The van der Waals surface area contributed by atoms with Crippen molar-refractivity contribution in [3.8, 4) is 0 Å². The molecule has 2 rings (SSSR count). The lowest BCUT2D eigenvalue weighted by Crippen LogP contribution is -2.12. The molecule has 2 aromatic carbocycles. The fraction of sp³-hybridized carbons (Fsp3) is 0.0909. The van der Waals surface area contributed by atoms with E-state index < -0.39 is 10.0 Å². The minimum absolute atomic E-state index is 0.184. The van der Waals surface area contributed by atoms with Crippen LogP contribution in [0, 0.1) is 6.92 Å². The van der Waals surface area contributed by atoms with Crippen LogP contribution in [0.15, 0.2) is 41.3 Å². The van der Waals surface area contributed by atoms with Crippen LogP contribution in [0.2, 0.25) is 0 Å². The molecule has 0 atom stereocenters. The number of benzene rings is 2. The summed E-state index contributed by atoms with van der Waals surface area (Å²) in [5, 5.41) is 6.71. The van der Waals surface area contributed by atoms with E-state index in [0.29, 0.717) is 5.39 Å². The van der Waals surface area contributed by atoms with E-state index in [-0.39, 0.29) is 4.90 Å². The Balaban J connectivity index is 2.92. The highest BCUT2D eigenvalue weighted by atomic mass is 32.2. The van der Waals surface area contributed by atoms with E-state index in [1.165, 1.54) is 6.07 Å². The van der Waals surface area contributed by atoms with E-state index in [2.05, 4.69) is 0 Å². The maximum atomic E-state index is 11.3. The number of aryl methyl sites for hydroxylation is 1. The summed E-state index contributed by atoms with van der Waals surface area (Å²) >= 11 is 0. The summed E-state index contributed by atoms with van der Waals surface area (Å²) in [5.41, 5.74) is 1.01. The summed E-state index contributed by atoms with van der Waals surface area (Å²) < 4.78 is 22.7. The maximum absolute atomic E-state index is 11.3. The summed E-state index contributed by atoms with van der Waals surface area (Å²) in [6.45, 7) is 1.92. The zero-order valence-corrected chi connectivity index (χ0v) is 9.08. The third kappa shape index (κ3) is 1.86. The summed E-state index contributed by atoms with van der Waals surface area (Å²) in [7, 11) is -3.65. The topological polar surface area (TPSA) is 60.2 Å². The smallest absolute Gasteiger partial charge is 0.225 e. The van der Waals surface area contributed by atoms with E-state index in [1.54, 1.807) is 6.07 Å². The zero-order valence-electron chi connectivity index (χ0n) is 8.27. The van der Waals surface area contributed by atoms with E-state index in [0.717, 1.165) is 10.9 Å². The van der Waals surface area contributed by atoms with Crippen molar-refractivity contribution in [1.29, 1.82) is 0 Å². The van der Waals surface area contributed by atoms with Crippen LogP contribution in [0.1, 0.15) is 5.56 Å². The minimum atomic E-state index is -3.65. The highest BCUT2D eigenvalue weighted by Gasteiger charge is 2.11. The first-order chi connectivity index (χ1) is 6.98. The Morgan fingerprint density at radius 3 is 2.53 bits per heavy atom. The second-order valence-corrected chi connectivity index (χ2v) is 5.06. The van der Waals surface area contributed by atoms with Crippen LogP contribution in [0.3, 0.4) is 0 Å². The van der Waals surface area contributed by atoms with Gasteiger partial charge < -0.3 is 0 Å². The van der Waals surface area contributed by atoms with Crippen LogP contribution in [0.25, 0.3) is 10.8 Å². The van der Waals surface area contributed by atoms with Gasteiger partial charge in [-0.15, -0.1) is 0 Å². The van der Waals surface area contributed by atoms with Crippen molar-refractivity contribution in [2.75, 3.05) is 0 Å². The Labute approximate surface area is 88.6 Å². The molecule has 0 spiro atoms. The van der Waals surface area contributed by atoms with Gasteiger partial charge in [-0.25, -0.2) is 13.6 Å². The summed E-state index contributed by atoms with van der Waals surface area (Å²) in [6, 6.07) is 10.7. The predicted octanol–water partition coefficient (Wildman–Crippen LogP) is 1.80. The number of hydrogen-bond donors (Lipinski definition) is 1. The van der Waals surface area contributed by atoms with Gasteiger partial charge in [-0.3, -0.25) is 0 Å². The van der Waals surface area contributed by atoms with Gasteiger partial charge in [0.25, 0.3) is 0 Å². The molecule has 0 aliphatic rings. The standard InChI is InChI=1S/C11H11NO2S/c1-8-5-6-9-3-2-4-11(10(9)7-8)15(12,13)14/h2-7H,1H3,(H2,12,13,14). The molecule has 4 heteroatoms. The molecule has 0 aliphatic carbocycles. The lowest BCUT2D eigenvalue weighted by atomic mass is 10.1. The molecule has 0 amide bonds.